The molecule has 3 rings (SSSR count). The van der Waals surface area contributed by atoms with Crippen molar-refractivity contribution < 1.29 is 9.53 Å². The van der Waals surface area contributed by atoms with Gasteiger partial charge in [0.25, 0.3) is 11.1 Å². The zero-order chi connectivity index (χ0) is 17.8. The van der Waals surface area contributed by atoms with Gasteiger partial charge in [0.1, 0.15) is 5.75 Å². The molecule has 0 aliphatic carbocycles. The van der Waals surface area contributed by atoms with Crippen LogP contribution in [0.4, 0.5) is 5.69 Å². The van der Waals surface area contributed by atoms with Gasteiger partial charge in [-0.1, -0.05) is 18.2 Å². The molecule has 0 saturated carbocycles. The average molecular weight is 339 g/mol. The van der Waals surface area contributed by atoms with Gasteiger partial charge in [-0.25, -0.2) is 0 Å². The minimum absolute atomic E-state index is 0.168. The summed E-state index contributed by atoms with van der Waals surface area (Å²) in [5, 5.41) is 7.64. The van der Waals surface area contributed by atoms with Crippen LogP contribution in [-0.4, -0.2) is 23.2 Å². The lowest BCUT2D eigenvalue weighted by Crippen LogP contribution is -2.21. The fourth-order valence-electron chi connectivity index (χ4n) is 2.63. The number of rotatable bonds is 5. The maximum atomic E-state index is 12.2. The summed E-state index contributed by atoms with van der Waals surface area (Å²) < 4.78 is 5.16. The fourth-order valence-corrected chi connectivity index (χ4v) is 2.63. The lowest BCUT2D eigenvalue weighted by Gasteiger charge is -2.08. The Bertz CT molecular complexity index is 1040. The van der Waals surface area contributed by atoms with Crippen molar-refractivity contribution in [3.8, 4) is 5.75 Å². The highest BCUT2D eigenvalue weighted by atomic mass is 16.5. The Morgan fingerprint density at radius 1 is 1.08 bits per heavy atom. The van der Waals surface area contributed by atoms with Gasteiger partial charge in [-0.05, 0) is 36.2 Å². The largest absolute Gasteiger partial charge is 0.497 e. The smallest absolute Gasteiger partial charge is 0.272 e. The number of aromatic amines is 2. The molecule has 0 unspecified atom stereocenters. The molecule has 0 atom stereocenters. The Kier molecular flexibility index (Phi) is 4.65. The normalized spacial score (nSPS) is 10.6. The second-order valence-corrected chi connectivity index (χ2v) is 5.54. The van der Waals surface area contributed by atoms with E-state index in [9.17, 15) is 14.4 Å². The van der Waals surface area contributed by atoms with Gasteiger partial charge in [-0.15, -0.1) is 0 Å². The van der Waals surface area contributed by atoms with Crippen LogP contribution in [0.25, 0.3) is 10.8 Å². The summed E-state index contributed by atoms with van der Waals surface area (Å²) in [4.78, 5) is 36.0. The molecule has 0 aliphatic rings. The van der Waals surface area contributed by atoms with E-state index in [0.717, 1.165) is 11.3 Å². The molecule has 0 bridgehead atoms. The Morgan fingerprint density at radius 3 is 2.64 bits per heavy atom. The predicted molar refractivity (Wildman–Crippen MR) is 95.1 cm³/mol. The second-order valence-electron chi connectivity index (χ2n) is 5.54. The van der Waals surface area contributed by atoms with E-state index in [1.807, 2.05) is 24.3 Å². The van der Waals surface area contributed by atoms with E-state index in [4.69, 9.17) is 4.74 Å². The molecule has 0 fully saturated rings. The van der Waals surface area contributed by atoms with E-state index >= 15 is 0 Å². The van der Waals surface area contributed by atoms with Gasteiger partial charge >= 0.3 is 0 Å². The number of nitrogens with one attached hydrogen (secondary N) is 3. The summed E-state index contributed by atoms with van der Waals surface area (Å²) in [7, 11) is 1.59. The van der Waals surface area contributed by atoms with Crippen molar-refractivity contribution in [1.82, 2.24) is 10.2 Å². The lowest BCUT2D eigenvalue weighted by molar-refractivity contribution is -0.116. The van der Waals surface area contributed by atoms with Crippen LogP contribution in [0, 0.1) is 0 Å². The third kappa shape index (κ3) is 3.60. The van der Waals surface area contributed by atoms with Crippen molar-refractivity contribution in [3.63, 3.8) is 0 Å². The van der Waals surface area contributed by atoms with Crippen molar-refractivity contribution in [2.75, 3.05) is 12.4 Å². The monoisotopic (exact) mass is 339 g/mol. The number of methoxy groups -OCH3 is 1. The molecule has 25 heavy (non-hydrogen) atoms. The first-order valence-electron chi connectivity index (χ1n) is 7.75. The highest BCUT2D eigenvalue weighted by molar-refractivity contribution is 6.01. The molecule has 0 radical (unpaired) electrons. The minimum atomic E-state index is -0.460. The second kappa shape index (κ2) is 7.04. The van der Waals surface area contributed by atoms with Crippen LogP contribution in [0.15, 0.2) is 52.1 Å². The van der Waals surface area contributed by atoms with Gasteiger partial charge < -0.3 is 10.1 Å². The fraction of sp³-hybridized carbons (Fsp3) is 0.167. The number of amides is 1. The standard InChI is InChI=1S/C18H17N3O4/c1-25-12-5-2-4-11(10-12)8-9-15(22)19-14-7-3-6-13-16(14)18(24)21-20-17(13)23/h2-7,10H,8-9H2,1H3,(H,19,22)(H,20,23)(H,21,24). The van der Waals surface area contributed by atoms with Crippen molar-refractivity contribution in [2.24, 2.45) is 0 Å². The van der Waals surface area contributed by atoms with Crippen LogP contribution in [0.1, 0.15) is 12.0 Å². The van der Waals surface area contributed by atoms with Crippen LogP contribution >= 0.6 is 0 Å². The number of aromatic nitrogens is 2. The van der Waals surface area contributed by atoms with Crippen LogP contribution < -0.4 is 21.2 Å². The topological polar surface area (TPSA) is 104 Å². The third-order valence-electron chi connectivity index (χ3n) is 3.87. The van der Waals surface area contributed by atoms with Crippen LogP contribution in [0.5, 0.6) is 5.75 Å². The molecule has 3 N–H and O–H groups in total. The van der Waals surface area contributed by atoms with E-state index in [1.54, 1.807) is 19.2 Å². The molecule has 0 aliphatic heterocycles. The van der Waals surface area contributed by atoms with Crippen molar-refractivity contribution in [3.05, 3.63) is 68.7 Å². The molecule has 1 heterocycles. The molecule has 7 nitrogen and oxygen atoms in total. The SMILES string of the molecule is COc1cccc(CCC(=O)Nc2cccc3c(=O)[nH][nH]c(=O)c23)c1. The molecular formula is C18H17N3O4. The number of anilines is 1. The summed E-state index contributed by atoms with van der Waals surface area (Å²) in [6.45, 7) is 0. The number of carbonyl (C=O) groups excluding carboxylic acids is 1. The van der Waals surface area contributed by atoms with Gasteiger partial charge in [0.15, 0.2) is 0 Å². The summed E-state index contributed by atoms with van der Waals surface area (Å²) in [6.07, 6.45) is 0.773. The first kappa shape index (κ1) is 16.5. The van der Waals surface area contributed by atoms with Gasteiger partial charge in [-0.3, -0.25) is 24.6 Å². The van der Waals surface area contributed by atoms with E-state index in [1.165, 1.54) is 6.07 Å². The highest BCUT2D eigenvalue weighted by Gasteiger charge is 2.11. The maximum absolute atomic E-state index is 12.2. The molecule has 3 aromatic rings. The zero-order valence-corrected chi connectivity index (χ0v) is 13.6. The van der Waals surface area contributed by atoms with E-state index in [-0.39, 0.29) is 23.1 Å². The first-order chi connectivity index (χ1) is 12.1. The maximum Gasteiger partial charge on any atom is 0.272 e. The van der Waals surface area contributed by atoms with E-state index in [2.05, 4.69) is 15.5 Å². The number of ether oxygens (including phenoxy) is 1. The third-order valence-corrected chi connectivity index (χ3v) is 3.87. The number of hydrogen-bond donors (Lipinski definition) is 3. The van der Waals surface area contributed by atoms with Gasteiger partial charge in [0.05, 0.1) is 23.6 Å². The van der Waals surface area contributed by atoms with Crippen LogP contribution in [-0.2, 0) is 11.2 Å². The summed E-state index contributed by atoms with van der Waals surface area (Å²) in [5.74, 6) is 0.493. The van der Waals surface area contributed by atoms with Crippen molar-refractivity contribution >= 4 is 22.4 Å². The lowest BCUT2D eigenvalue weighted by atomic mass is 10.1. The van der Waals surface area contributed by atoms with Gasteiger partial charge in [-0.2, -0.15) is 0 Å². The molecule has 2 aromatic carbocycles. The molecule has 0 spiro atoms. The highest BCUT2D eigenvalue weighted by Crippen LogP contribution is 2.18. The molecule has 7 heteroatoms. The predicted octanol–water partition coefficient (Wildman–Crippen LogP) is 1.80. The number of hydrogen-bond acceptors (Lipinski definition) is 4. The molecule has 1 aromatic heterocycles. The van der Waals surface area contributed by atoms with Crippen molar-refractivity contribution in [2.45, 2.75) is 12.8 Å². The van der Waals surface area contributed by atoms with Gasteiger partial charge in [0.2, 0.25) is 5.91 Å². The average Bonchev–Trinajstić information content (AvgIpc) is 2.63. The minimum Gasteiger partial charge on any atom is -0.497 e. The summed E-state index contributed by atoms with van der Waals surface area (Å²) in [5.41, 5.74) is 0.419. The van der Waals surface area contributed by atoms with Gasteiger partial charge in [0, 0.05) is 6.42 Å². The van der Waals surface area contributed by atoms with Crippen LogP contribution in [0.2, 0.25) is 0 Å². The number of fused-ring (bicyclic) bond motifs is 1. The number of H-pyrrole nitrogens is 2. The van der Waals surface area contributed by atoms with E-state index in [0.29, 0.717) is 12.1 Å². The quantitative estimate of drug-likeness (QED) is 0.659. The summed E-state index contributed by atoms with van der Waals surface area (Å²) in [6, 6.07) is 12.2. The number of aryl methyl sites for hydroxylation is 1. The summed E-state index contributed by atoms with van der Waals surface area (Å²) >= 11 is 0. The first-order valence-corrected chi connectivity index (χ1v) is 7.75. The Labute approximate surface area is 142 Å². The molecule has 128 valence electrons. The number of benzene rings is 2. The molecular weight excluding hydrogens is 322 g/mol. The Balaban J connectivity index is 1.77. The Hall–Kier alpha value is -3.35. The molecule has 1 amide bonds. The van der Waals surface area contributed by atoms with E-state index < -0.39 is 11.1 Å². The Morgan fingerprint density at radius 2 is 1.84 bits per heavy atom. The van der Waals surface area contributed by atoms with Crippen molar-refractivity contribution in [1.29, 1.82) is 0 Å². The zero-order valence-electron chi connectivity index (χ0n) is 13.6. The van der Waals surface area contributed by atoms with Crippen LogP contribution in [0.3, 0.4) is 0 Å². The number of carbonyl (C=O) groups is 1. The molecule has 0 saturated heterocycles.